The van der Waals surface area contributed by atoms with E-state index in [1.807, 2.05) is 0 Å². The van der Waals surface area contributed by atoms with Crippen LogP contribution < -0.4 is 9.47 Å². The van der Waals surface area contributed by atoms with Crippen molar-refractivity contribution in [3.05, 3.63) is 42.6 Å². The van der Waals surface area contributed by atoms with Crippen LogP contribution in [0.1, 0.15) is 0 Å². The van der Waals surface area contributed by atoms with Crippen LogP contribution in [0.25, 0.3) is 22.9 Å². The molecule has 0 fully saturated rings. The highest BCUT2D eigenvalue weighted by Crippen LogP contribution is 2.31. The van der Waals surface area contributed by atoms with E-state index < -0.39 is 18.0 Å². The van der Waals surface area contributed by atoms with Gasteiger partial charge in [0, 0.05) is 11.8 Å². The molecular formula is C16H10F3N3O4. The van der Waals surface area contributed by atoms with E-state index in [9.17, 15) is 18.0 Å². The van der Waals surface area contributed by atoms with E-state index in [2.05, 4.69) is 19.9 Å². The highest BCUT2D eigenvalue weighted by Gasteiger charge is 2.42. The fourth-order valence-corrected chi connectivity index (χ4v) is 1.96. The van der Waals surface area contributed by atoms with E-state index in [0.29, 0.717) is 11.3 Å². The number of hydrogen-bond donors (Lipinski definition) is 0. The number of ether oxygens (including phenoxy) is 2. The molecule has 2 aromatic heterocycles. The second-order valence-electron chi connectivity index (χ2n) is 4.88. The molecule has 2 heterocycles. The van der Waals surface area contributed by atoms with Gasteiger partial charge in [-0.3, -0.25) is 0 Å². The van der Waals surface area contributed by atoms with Crippen LogP contribution in [0.3, 0.4) is 0 Å². The summed E-state index contributed by atoms with van der Waals surface area (Å²) in [4.78, 5) is 14.7. The zero-order valence-electron chi connectivity index (χ0n) is 13.1. The maximum Gasteiger partial charge on any atom is 0.491 e. The van der Waals surface area contributed by atoms with E-state index in [1.54, 1.807) is 24.3 Å². The normalized spacial score (nSPS) is 11.2. The second kappa shape index (κ2) is 6.82. The number of carbonyl (C=O) groups excluding carboxylic acids is 1. The van der Waals surface area contributed by atoms with Gasteiger partial charge in [0.15, 0.2) is 0 Å². The van der Waals surface area contributed by atoms with Crippen molar-refractivity contribution >= 4 is 5.97 Å². The standard InChI is InChI=1S/C16H10F3N3O4/c1-24-10-6-4-9(5-7-10)12-21-22-14(25-12)11-3-2-8-20-13(11)26-15(23)16(17,18)19/h2-8H,1H3. The van der Waals surface area contributed by atoms with Crippen molar-refractivity contribution in [1.82, 2.24) is 15.2 Å². The number of alkyl halides is 3. The largest absolute Gasteiger partial charge is 0.497 e. The van der Waals surface area contributed by atoms with Crippen LogP contribution in [0.5, 0.6) is 11.6 Å². The minimum absolute atomic E-state index is 0.0441. The van der Waals surface area contributed by atoms with Crippen LogP contribution in [-0.2, 0) is 4.79 Å². The summed E-state index contributed by atoms with van der Waals surface area (Å²) in [5, 5.41) is 7.61. The quantitative estimate of drug-likeness (QED) is 0.656. The molecular weight excluding hydrogens is 355 g/mol. The van der Waals surface area contributed by atoms with E-state index in [-0.39, 0.29) is 17.3 Å². The molecule has 0 atom stereocenters. The molecule has 0 unspecified atom stereocenters. The summed E-state index contributed by atoms with van der Waals surface area (Å²) in [6.45, 7) is 0. The molecule has 0 radical (unpaired) electrons. The Morgan fingerprint density at radius 2 is 1.77 bits per heavy atom. The lowest BCUT2D eigenvalue weighted by Gasteiger charge is -2.07. The predicted molar refractivity (Wildman–Crippen MR) is 81.2 cm³/mol. The highest BCUT2D eigenvalue weighted by atomic mass is 19.4. The van der Waals surface area contributed by atoms with Crippen LogP contribution in [0.2, 0.25) is 0 Å². The Morgan fingerprint density at radius 1 is 1.08 bits per heavy atom. The van der Waals surface area contributed by atoms with Gasteiger partial charge in [-0.2, -0.15) is 13.2 Å². The van der Waals surface area contributed by atoms with Crippen LogP contribution in [-0.4, -0.2) is 34.4 Å². The summed E-state index contributed by atoms with van der Waals surface area (Å²) < 4.78 is 52.0. The molecule has 0 N–H and O–H groups in total. The van der Waals surface area contributed by atoms with Gasteiger partial charge in [0.05, 0.1) is 7.11 Å². The Labute approximate surface area is 144 Å². The first-order valence-corrected chi connectivity index (χ1v) is 7.11. The first kappa shape index (κ1) is 17.4. The molecule has 0 aliphatic carbocycles. The number of benzene rings is 1. The molecule has 3 aromatic rings. The fraction of sp³-hybridized carbons (Fsp3) is 0.125. The minimum atomic E-state index is -5.15. The van der Waals surface area contributed by atoms with Crippen molar-refractivity contribution in [2.24, 2.45) is 0 Å². The van der Waals surface area contributed by atoms with Gasteiger partial charge in [-0.05, 0) is 36.4 Å². The summed E-state index contributed by atoms with van der Waals surface area (Å²) in [6.07, 6.45) is -3.98. The molecule has 134 valence electrons. The van der Waals surface area contributed by atoms with Crippen LogP contribution >= 0.6 is 0 Å². The van der Waals surface area contributed by atoms with Gasteiger partial charge in [0.25, 0.3) is 5.89 Å². The second-order valence-corrected chi connectivity index (χ2v) is 4.88. The molecule has 0 spiro atoms. The molecule has 1 aromatic carbocycles. The molecule has 0 saturated heterocycles. The first-order chi connectivity index (χ1) is 12.4. The number of halogens is 3. The SMILES string of the molecule is COc1ccc(-c2nnc(-c3cccnc3OC(=O)C(F)(F)F)o2)cc1. The third-order valence-corrected chi connectivity index (χ3v) is 3.18. The van der Waals surface area contributed by atoms with Crippen LogP contribution in [0.4, 0.5) is 13.2 Å². The summed E-state index contributed by atoms with van der Waals surface area (Å²) in [5.41, 5.74) is 0.527. The van der Waals surface area contributed by atoms with E-state index >= 15 is 0 Å². The van der Waals surface area contributed by atoms with Gasteiger partial charge in [0.1, 0.15) is 11.3 Å². The highest BCUT2D eigenvalue weighted by molar-refractivity contribution is 5.79. The van der Waals surface area contributed by atoms with Gasteiger partial charge in [-0.15, -0.1) is 10.2 Å². The van der Waals surface area contributed by atoms with Gasteiger partial charge >= 0.3 is 12.1 Å². The van der Waals surface area contributed by atoms with Gasteiger partial charge < -0.3 is 13.9 Å². The van der Waals surface area contributed by atoms with Crippen molar-refractivity contribution in [1.29, 1.82) is 0 Å². The summed E-state index contributed by atoms with van der Waals surface area (Å²) >= 11 is 0. The van der Waals surface area contributed by atoms with Crippen molar-refractivity contribution in [2.45, 2.75) is 6.18 Å². The number of pyridine rings is 1. The zero-order chi connectivity index (χ0) is 18.7. The molecule has 0 amide bonds. The lowest BCUT2D eigenvalue weighted by molar-refractivity contribution is -0.189. The van der Waals surface area contributed by atoms with Crippen molar-refractivity contribution < 1.29 is 31.9 Å². The molecule has 0 saturated carbocycles. The van der Waals surface area contributed by atoms with Crippen molar-refractivity contribution in [3.8, 4) is 34.5 Å². The average Bonchev–Trinajstić information content (AvgIpc) is 3.11. The predicted octanol–water partition coefficient (Wildman–Crippen LogP) is 3.27. The molecule has 0 bridgehead atoms. The topological polar surface area (TPSA) is 87.3 Å². The molecule has 3 rings (SSSR count). The Kier molecular flexibility index (Phi) is 4.57. The van der Waals surface area contributed by atoms with Crippen molar-refractivity contribution in [3.63, 3.8) is 0 Å². The number of hydrogen-bond acceptors (Lipinski definition) is 7. The number of rotatable bonds is 4. The smallest absolute Gasteiger partial charge is 0.491 e. The van der Waals surface area contributed by atoms with Crippen molar-refractivity contribution in [2.75, 3.05) is 7.11 Å². The molecule has 0 aliphatic rings. The third-order valence-electron chi connectivity index (χ3n) is 3.18. The summed E-state index contributed by atoms with van der Waals surface area (Å²) in [5.74, 6) is -2.37. The Hall–Kier alpha value is -3.43. The monoisotopic (exact) mass is 365 g/mol. The van der Waals surface area contributed by atoms with E-state index in [4.69, 9.17) is 9.15 Å². The fourth-order valence-electron chi connectivity index (χ4n) is 1.96. The maximum atomic E-state index is 12.4. The molecule has 0 aliphatic heterocycles. The number of aromatic nitrogens is 3. The summed E-state index contributed by atoms with van der Waals surface area (Å²) in [6, 6.07) is 9.47. The summed E-state index contributed by atoms with van der Waals surface area (Å²) in [7, 11) is 1.52. The van der Waals surface area contributed by atoms with Gasteiger partial charge in [-0.1, -0.05) is 0 Å². The maximum absolute atomic E-state index is 12.4. The van der Waals surface area contributed by atoms with Crippen LogP contribution in [0, 0.1) is 0 Å². The average molecular weight is 365 g/mol. The Bertz CT molecular complexity index is 923. The lowest BCUT2D eigenvalue weighted by atomic mass is 10.2. The van der Waals surface area contributed by atoms with E-state index in [1.165, 1.54) is 25.4 Å². The Morgan fingerprint density at radius 3 is 2.42 bits per heavy atom. The van der Waals surface area contributed by atoms with E-state index in [0.717, 1.165) is 0 Å². The number of esters is 1. The van der Waals surface area contributed by atoms with Gasteiger partial charge in [0.2, 0.25) is 11.8 Å². The lowest BCUT2D eigenvalue weighted by Crippen LogP contribution is -2.28. The zero-order valence-corrected chi connectivity index (χ0v) is 13.1. The molecule has 10 heteroatoms. The van der Waals surface area contributed by atoms with Gasteiger partial charge in [-0.25, -0.2) is 9.78 Å². The number of methoxy groups -OCH3 is 1. The molecule has 26 heavy (non-hydrogen) atoms. The molecule has 7 nitrogen and oxygen atoms in total. The Balaban J connectivity index is 1.91. The number of carbonyl (C=O) groups is 1. The minimum Gasteiger partial charge on any atom is -0.497 e. The number of nitrogens with zero attached hydrogens (tertiary/aromatic N) is 3. The first-order valence-electron chi connectivity index (χ1n) is 7.11. The third kappa shape index (κ3) is 3.63. The van der Waals surface area contributed by atoms with Crippen LogP contribution in [0.15, 0.2) is 47.0 Å².